The van der Waals surface area contributed by atoms with Crippen molar-refractivity contribution in [3.63, 3.8) is 0 Å². The number of ether oxygens (including phenoxy) is 1. The lowest BCUT2D eigenvalue weighted by Crippen LogP contribution is -2.23. The molecule has 0 amide bonds. The fourth-order valence-electron chi connectivity index (χ4n) is 1.71. The number of nitrogens with zero attached hydrogens (tertiary/aromatic N) is 3. The number of aliphatic hydroxyl groups excluding tert-OH is 1. The van der Waals surface area contributed by atoms with Crippen molar-refractivity contribution in [1.82, 2.24) is 9.78 Å². The summed E-state index contributed by atoms with van der Waals surface area (Å²) in [6.07, 6.45) is 1.62. The van der Waals surface area contributed by atoms with E-state index >= 15 is 0 Å². The van der Waals surface area contributed by atoms with E-state index in [0.717, 1.165) is 11.8 Å². The van der Waals surface area contributed by atoms with Crippen molar-refractivity contribution in [2.24, 2.45) is 0 Å². The summed E-state index contributed by atoms with van der Waals surface area (Å²) in [6, 6.07) is 7.49. The maximum absolute atomic E-state index is 10.5. The molecule has 20 heavy (non-hydrogen) atoms. The van der Waals surface area contributed by atoms with Gasteiger partial charge in [0.25, 0.3) is 0 Å². The summed E-state index contributed by atoms with van der Waals surface area (Å²) in [7, 11) is 0. The number of nitro groups is 1. The van der Waals surface area contributed by atoms with Crippen molar-refractivity contribution in [2.45, 2.75) is 19.6 Å². The van der Waals surface area contributed by atoms with E-state index in [1.807, 2.05) is 25.1 Å². The van der Waals surface area contributed by atoms with Gasteiger partial charge >= 0.3 is 5.69 Å². The van der Waals surface area contributed by atoms with Gasteiger partial charge in [-0.05, 0) is 24.6 Å². The van der Waals surface area contributed by atoms with Crippen molar-refractivity contribution in [3.8, 4) is 5.75 Å². The lowest BCUT2D eigenvalue weighted by Gasteiger charge is -2.12. The van der Waals surface area contributed by atoms with Crippen LogP contribution in [0.3, 0.4) is 0 Å². The van der Waals surface area contributed by atoms with E-state index in [2.05, 4.69) is 5.10 Å². The second-order valence-electron chi connectivity index (χ2n) is 4.46. The van der Waals surface area contributed by atoms with Gasteiger partial charge in [0, 0.05) is 0 Å². The maximum atomic E-state index is 10.5. The van der Waals surface area contributed by atoms with Crippen molar-refractivity contribution >= 4 is 5.69 Å². The van der Waals surface area contributed by atoms with Crippen LogP contribution < -0.4 is 4.74 Å². The Labute approximate surface area is 115 Å². The molecule has 1 aromatic carbocycles. The standard InChI is InChI=1S/C13H15N3O4/c1-10-3-2-4-13(5-10)20-9-12(17)8-15-7-11(6-14-15)16(18)19/h2-7,12,17H,8-9H2,1H3. The molecule has 2 aromatic rings. The first-order valence-electron chi connectivity index (χ1n) is 6.09. The van der Waals surface area contributed by atoms with Crippen LogP contribution in [0.15, 0.2) is 36.7 Å². The summed E-state index contributed by atoms with van der Waals surface area (Å²) in [4.78, 5) is 9.98. The van der Waals surface area contributed by atoms with E-state index < -0.39 is 11.0 Å². The van der Waals surface area contributed by atoms with Gasteiger partial charge in [0.1, 0.15) is 30.9 Å². The average molecular weight is 277 g/mol. The SMILES string of the molecule is Cc1cccc(OCC(O)Cn2cc([N+](=O)[O-])cn2)c1. The van der Waals surface area contributed by atoms with Gasteiger partial charge in [-0.15, -0.1) is 0 Å². The second-order valence-corrected chi connectivity index (χ2v) is 4.46. The van der Waals surface area contributed by atoms with Crippen molar-refractivity contribution in [3.05, 3.63) is 52.3 Å². The molecule has 0 bridgehead atoms. The largest absolute Gasteiger partial charge is 0.491 e. The maximum Gasteiger partial charge on any atom is 0.306 e. The summed E-state index contributed by atoms with van der Waals surface area (Å²) in [5.74, 6) is 0.676. The zero-order valence-corrected chi connectivity index (χ0v) is 11.0. The molecule has 0 spiro atoms. The Bertz CT molecular complexity index is 597. The molecule has 0 fully saturated rings. The fourth-order valence-corrected chi connectivity index (χ4v) is 1.71. The Kier molecular flexibility index (Phi) is 4.31. The van der Waals surface area contributed by atoms with Crippen LogP contribution in [0.2, 0.25) is 0 Å². The monoisotopic (exact) mass is 277 g/mol. The van der Waals surface area contributed by atoms with Crippen LogP contribution in [-0.2, 0) is 6.54 Å². The normalized spacial score (nSPS) is 12.1. The average Bonchev–Trinajstić information content (AvgIpc) is 2.85. The molecule has 0 aliphatic rings. The molecule has 0 saturated heterocycles. The van der Waals surface area contributed by atoms with Gasteiger partial charge in [-0.1, -0.05) is 12.1 Å². The van der Waals surface area contributed by atoms with Crippen LogP contribution in [-0.4, -0.2) is 32.5 Å². The molecule has 106 valence electrons. The van der Waals surface area contributed by atoms with E-state index in [-0.39, 0.29) is 18.8 Å². The molecule has 1 heterocycles. The molecule has 7 heteroatoms. The predicted octanol–water partition coefficient (Wildman–Crippen LogP) is 1.54. The van der Waals surface area contributed by atoms with Crippen molar-refractivity contribution < 1.29 is 14.8 Å². The molecule has 1 aromatic heterocycles. The molecule has 0 aliphatic heterocycles. The summed E-state index contributed by atoms with van der Waals surface area (Å²) in [5.41, 5.74) is 0.969. The Balaban J connectivity index is 1.85. The van der Waals surface area contributed by atoms with Crippen molar-refractivity contribution in [1.29, 1.82) is 0 Å². The van der Waals surface area contributed by atoms with Crippen LogP contribution in [0.1, 0.15) is 5.56 Å². The van der Waals surface area contributed by atoms with E-state index in [1.54, 1.807) is 6.07 Å². The molecule has 1 N–H and O–H groups in total. The highest BCUT2D eigenvalue weighted by Gasteiger charge is 2.12. The zero-order chi connectivity index (χ0) is 14.5. The zero-order valence-electron chi connectivity index (χ0n) is 11.0. The molecular formula is C13H15N3O4. The summed E-state index contributed by atoms with van der Waals surface area (Å²) in [6.45, 7) is 2.18. The number of aliphatic hydroxyl groups is 1. The number of rotatable bonds is 6. The second kappa shape index (κ2) is 6.16. The Morgan fingerprint density at radius 3 is 3.00 bits per heavy atom. The third-order valence-corrected chi connectivity index (χ3v) is 2.66. The van der Waals surface area contributed by atoms with Gasteiger partial charge in [-0.25, -0.2) is 0 Å². The first-order chi connectivity index (χ1) is 9.54. The molecule has 1 atom stereocenters. The smallest absolute Gasteiger partial charge is 0.306 e. The van der Waals surface area contributed by atoms with Crippen LogP contribution in [0, 0.1) is 17.0 Å². The molecule has 0 aliphatic carbocycles. The van der Waals surface area contributed by atoms with Crippen LogP contribution in [0.5, 0.6) is 5.75 Å². The third-order valence-electron chi connectivity index (χ3n) is 2.66. The minimum absolute atomic E-state index is 0.0944. The number of hydrogen-bond donors (Lipinski definition) is 1. The highest BCUT2D eigenvalue weighted by Crippen LogP contribution is 2.13. The van der Waals surface area contributed by atoms with Gasteiger partial charge in [0.05, 0.1) is 11.5 Å². The molecular weight excluding hydrogens is 262 g/mol. The highest BCUT2D eigenvalue weighted by molar-refractivity contribution is 5.27. The lowest BCUT2D eigenvalue weighted by molar-refractivity contribution is -0.385. The van der Waals surface area contributed by atoms with Gasteiger partial charge in [-0.3, -0.25) is 14.8 Å². The number of benzene rings is 1. The molecule has 0 saturated carbocycles. The Morgan fingerprint density at radius 2 is 2.35 bits per heavy atom. The quantitative estimate of drug-likeness (QED) is 0.639. The molecule has 1 unspecified atom stereocenters. The molecule has 7 nitrogen and oxygen atoms in total. The number of hydrogen-bond acceptors (Lipinski definition) is 5. The minimum atomic E-state index is -0.796. The summed E-state index contributed by atoms with van der Waals surface area (Å²) in [5, 5.41) is 24.1. The number of aryl methyl sites for hydroxylation is 1. The van der Waals surface area contributed by atoms with Crippen LogP contribution >= 0.6 is 0 Å². The van der Waals surface area contributed by atoms with Crippen LogP contribution in [0.25, 0.3) is 0 Å². The van der Waals surface area contributed by atoms with E-state index in [1.165, 1.54) is 10.9 Å². The predicted molar refractivity (Wildman–Crippen MR) is 71.6 cm³/mol. The minimum Gasteiger partial charge on any atom is -0.491 e. The summed E-state index contributed by atoms with van der Waals surface area (Å²) >= 11 is 0. The topological polar surface area (TPSA) is 90.4 Å². The lowest BCUT2D eigenvalue weighted by atomic mass is 10.2. The third kappa shape index (κ3) is 3.79. The molecule has 0 radical (unpaired) electrons. The van der Waals surface area contributed by atoms with E-state index in [4.69, 9.17) is 4.74 Å². The van der Waals surface area contributed by atoms with Gasteiger partial charge in [0.15, 0.2) is 0 Å². The van der Waals surface area contributed by atoms with Crippen LogP contribution in [0.4, 0.5) is 5.69 Å². The first-order valence-corrected chi connectivity index (χ1v) is 6.09. The number of aromatic nitrogens is 2. The fraction of sp³-hybridized carbons (Fsp3) is 0.308. The van der Waals surface area contributed by atoms with E-state index in [9.17, 15) is 15.2 Å². The highest BCUT2D eigenvalue weighted by atomic mass is 16.6. The van der Waals surface area contributed by atoms with Crippen molar-refractivity contribution in [2.75, 3.05) is 6.61 Å². The van der Waals surface area contributed by atoms with Gasteiger partial charge < -0.3 is 9.84 Å². The first kappa shape index (κ1) is 14.0. The Hall–Kier alpha value is -2.41. The molecule has 2 rings (SSSR count). The van der Waals surface area contributed by atoms with Gasteiger partial charge in [-0.2, -0.15) is 5.10 Å². The van der Waals surface area contributed by atoms with Gasteiger partial charge in [0.2, 0.25) is 0 Å². The van der Waals surface area contributed by atoms with E-state index in [0.29, 0.717) is 5.75 Å². The Morgan fingerprint density at radius 1 is 1.55 bits per heavy atom. The summed E-state index contributed by atoms with van der Waals surface area (Å²) < 4.78 is 6.77.